The van der Waals surface area contributed by atoms with E-state index in [1.54, 1.807) is 11.0 Å². The first-order chi connectivity index (χ1) is 13.5. The van der Waals surface area contributed by atoms with Crippen LogP contribution in [0.15, 0.2) is 18.2 Å². The minimum Gasteiger partial charge on any atom is -0.465 e. The Morgan fingerprint density at radius 2 is 1.96 bits per heavy atom. The number of hydrogen-bond acceptors (Lipinski definition) is 3. The number of rotatable bonds is 2. The standard InChI is InChI=1S/C19H20ClFN4O3/c20-16-12(2-1-3-14(16)21)11-4-7-24(8-5-11)18(26)17-13-6-9-25(19(27)28)10-15(13)22-23-17/h1-3,11H,4-10H2,(H,22,23)(H,27,28). The molecule has 1 saturated heterocycles. The van der Waals surface area contributed by atoms with Gasteiger partial charge in [0, 0.05) is 25.2 Å². The highest BCUT2D eigenvalue weighted by atomic mass is 35.5. The van der Waals surface area contributed by atoms with Gasteiger partial charge in [-0.3, -0.25) is 9.89 Å². The molecule has 2 aliphatic heterocycles. The third-order valence-electron chi connectivity index (χ3n) is 5.61. The van der Waals surface area contributed by atoms with Crippen molar-refractivity contribution in [3.05, 3.63) is 51.6 Å². The number of piperidine rings is 1. The highest BCUT2D eigenvalue weighted by Crippen LogP contribution is 2.34. The van der Waals surface area contributed by atoms with Gasteiger partial charge in [0.15, 0.2) is 5.69 Å². The molecule has 1 aromatic heterocycles. The average molecular weight is 407 g/mol. The first-order valence-corrected chi connectivity index (χ1v) is 9.60. The Hall–Kier alpha value is -2.61. The molecule has 2 aromatic rings. The minimum absolute atomic E-state index is 0.115. The second-order valence-corrected chi connectivity index (χ2v) is 7.57. The van der Waals surface area contributed by atoms with Gasteiger partial charge < -0.3 is 14.9 Å². The van der Waals surface area contributed by atoms with Crippen LogP contribution >= 0.6 is 11.6 Å². The highest BCUT2D eigenvalue weighted by molar-refractivity contribution is 6.31. The normalized spacial score (nSPS) is 17.5. The van der Waals surface area contributed by atoms with Crippen molar-refractivity contribution in [1.29, 1.82) is 0 Å². The molecule has 0 bridgehead atoms. The Balaban J connectivity index is 1.44. The van der Waals surface area contributed by atoms with Crippen molar-refractivity contribution in [2.45, 2.75) is 31.7 Å². The lowest BCUT2D eigenvalue weighted by Crippen LogP contribution is -2.39. The molecular weight excluding hydrogens is 387 g/mol. The summed E-state index contributed by atoms with van der Waals surface area (Å²) in [5.74, 6) is -0.453. The summed E-state index contributed by atoms with van der Waals surface area (Å²) in [6.07, 6.45) is 0.892. The predicted molar refractivity (Wildman–Crippen MR) is 100 cm³/mol. The lowest BCUT2D eigenvalue weighted by Gasteiger charge is -2.32. The Morgan fingerprint density at radius 1 is 1.21 bits per heavy atom. The van der Waals surface area contributed by atoms with Crippen molar-refractivity contribution >= 4 is 23.6 Å². The molecule has 3 heterocycles. The van der Waals surface area contributed by atoms with Crippen LogP contribution in [-0.2, 0) is 13.0 Å². The molecule has 9 heteroatoms. The van der Waals surface area contributed by atoms with Crippen molar-refractivity contribution in [1.82, 2.24) is 20.0 Å². The molecule has 0 saturated carbocycles. The van der Waals surface area contributed by atoms with Gasteiger partial charge in [-0.25, -0.2) is 9.18 Å². The SMILES string of the molecule is O=C(O)N1CCc2c(C(=O)N3CCC(c4cccc(F)c4Cl)CC3)n[nH]c2C1. The number of aromatic amines is 1. The van der Waals surface area contributed by atoms with E-state index in [-0.39, 0.29) is 23.4 Å². The smallest absolute Gasteiger partial charge is 0.407 e. The number of nitrogens with zero attached hydrogens (tertiary/aromatic N) is 3. The average Bonchev–Trinajstić information content (AvgIpc) is 3.13. The van der Waals surface area contributed by atoms with Crippen LogP contribution in [0.4, 0.5) is 9.18 Å². The lowest BCUT2D eigenvalue weighted by atomic mass is 9.89. The van der Waals surface area contributed by atoms with E-state index in [9.17, 15) is 14.0 Å². The number of carboxylic acid groups (broad SMARTS) is 1. The van der Waals surface area contributed by atoms with E-state index in [0.29, 0.717) is 50.3 Å². The van der Waals surface area contributed by atoms with Crippen LogP contribution in [0.5, 0.6) is 0 Å². The zero-order valence-electron chi connectivity index (χ0n) is 15.1. The second kappa shape index (κ2) is 7.43. The molecule has 7 nitrogen and oxygen atoms in total. The molecule has 0 atom stereocenters. The molecule has 148 valence electrons. The number of H-pyrrole nitrogens is 1. The zero-order valence-corrected chi connectivity index (χ0v) is 15.9. The number of amides is 2. The number of carbonyl (C=O) groups excluding carboxylic acids is 1. The Bertz CT molecular complexity index is 924. The van der Waals surface area contributed by atoms with Crippen LogP contribution in [0, 0.1) is 5.82 Å². The molecule has 2 amide bonds. The molecular formula is C19H20ClFN4O3. The fourth-order valence-electron chi connectivity index (χ4n) is 4.04. The van der Waals surface area contributed by atoms with E-state index in [1.807, 2.05) is 6.07 Å². The fourth-order valence-corrected chi connectivity index (χ4v) is 4.32. The first-order valence-electron chi connectivity index (χ1n) is 9.23. The molecule has 0 unspecified atom stereocenters. The van der Waals surface area contributed by atoms with Crippen molar-refractivity contribution in [3.8, 4) is 0 Å². The highest BCUT2D eigenvalue weighted by Gasteiger charge is 2.31. The van der Waals surface area contributed by atoms with Crippen molar-refractivity contribution < 1.29 is 19.1 Å². The summed E-state index contributed by atoms with van der Waals surface area (Å²) in [4.78, 5) is 27.1. The van der Waals surface area contributed by atoms with Crippen molar-refractivity contribution in [3.63, 3.8) is 0 Å². The Kier molecular flexibility index (Phi) is 4.97. The second-order valence-electron chi connectivity index (χ2n) is 7.19. The summed E-state index contributed by atoms with van der Waals surface area (Å²) in [6, 6.07) is 4.84. The van der Waals surface area contributed by atoms with Crippen LogP contribution in [0.3, 0.4) is 0 Å². The molecule has 2 N–H and O–H groups in total. The number of fused-ring (bicyclic) bond motifs is 1. The van der Waals surface area contributed by atoms with Gasteiger partial charge in [0.1, 0.15) is 5.82 Å². The van der Waals surface area contributed by atoms with E-state index in [4.69, 9.17) is 16.7 Å². The van der Waals surface area contributed by atoms with Crippen LogP contribution in [0.2, 0.25) is 5.02 Å². The quantitative estimate of drug-likeness (QED) is 0.801. The number of aromatic nitrogens is 2. The van der Waals surface area contributed by atoms with E-state index < -0.39 is 11.9 Å². The minimum atomic E-state index is -0.980. The number of benzene rings is 1. The van der Waals surface area contributed by atoms with E-state index in [1.165, 1.54) is 11.0 Å². The zero-order chi connectivity index (χ0) is 19.8. The van der Waals surface area contributed by atoms with Crippen molar-refractivity contribution in [2.24, 2.45) is 0 Å². The third kappa shape index (κ3) is 3.32. The maximum absolute atomic E-state index is 13.7. The molecule has 0 aliphatic carbocycles. The summed E-state index contributed by atoms with van der Waals surface area (Å²) in [6.45, 7) is 1.64. The molecule has 28 heavy (non-hydrogen) atoms. The van der Waals surface area contributed by atoms with Gasteiger partial charge in [-0.2, -0.15) is 5.10 Å². The third-order valence-corrected chi connectivity index (χ3v) is 6.01. The van der Waals surface area contributed by atoms with Gasteiger partial charge in [0.2, 0.25) is 0 Å². The van der Waals surface area contributed by atoms with E-state index in [0.717, 1.165) is 11.1 Å². The largest absolute Gasteiger partial charge is 0.465 e. The summed E-state index contributed by atoms with van der Waals surface area (Å²) >= 11 is 6.10. The number of carbonyl (C=O) groups is 2. The number of likely N-dealkylation sites (tertiary alicyclic amines) is 1. The fraction of sp³-hybridized carbons (Fsp3) is 0.421. The van der Waals surface area contributed by atoms with Gasteiger partial charge >= 0.3 is 6.09 Å². The van der Waals surface area contributed by atoms with Crippen LogP contribution in [0.1, 0.15) is 46.1 Å². The number of nitrogens with one attached hydrogen (secondary N) is 1. The van der Waals surface area contributed by atoms with Gasteiger partial charge in [0.05, 0.1) is 17.3 Å². The van der Waals surface area contributed by atoms with E-state index in [2.05, 4.69) is 10.2 Å². The lowest BCUT2D eigenvalue weighted by molar-refractivity contribution is 0.0705. The van der Waals surface area contributed by atoms with Crippen LogP contribution < -0.4 is 0 Å². The van der Waals surface area contributed by atoms with Crippen LogP contribution in [0.25, 0.3) is 0 Å². The van der Waals surface area contributed by atoms with Gasteiger partial charge in [0.25, 0.3) is 5.91 Å². The molecule has 4 rings (SSSR count). The monoisotopic (exact) mass is 406 g/mol. The maximum Gasteiger partial charge on any atom is 0.407 e. The molecule has 1 fully saturated rings. The summed E-state index contributed by atoms with van der Waals surface area (Å²) in [5.41, 5.74) is 2.65. The Morgan fingerprint density at radius 3 is 2.68 bits per heavy atom. The topological polar surface area (TPSA) is 89.5 Å². The number of halogens is 2. The van der Waals surface area contributed by atoms with Crippen molar-refractivity contribution in [2.75, 3.05) is 19.6 Å². The van der Waals surface area contributed by atoms with Gasteiger partial charge in [-0.05, 0) is 36.8 Å². The molecule has 2 aliphatic rings. The summed E-state index contributed by atoms with van der Waals surface area (Å²) in [5, 5.41) is 16.3. The first kappa shape index (κ1) is 18.7. The number of hydrogen-bond donors (Lipinski definition) is 2. The Labute approximate surface area is 166 Å². The summed E-state index contributed by atoms with van der Waals surface area (Å²) in [7, 11) is 0. The predicted octanol–water partition coefficient (Wildman–Crippen LogP) is 3.26. The molecule has 0 spiro atoms. The molecule has 0 radical (unpaired) electrons. The maximum atomic E-state index is 13.7. The van der Waals surface area contributed by atoms with E-state index >= 15 is 0 Å². The van der Waals surface area contributed by atoms with Gasteiger partial charge in [-0.15, -0.1) is 0 Å². The molecule has 1 aromatic carbocycles. The summed E-state index contributed by atoms with van der Waals surface area (Å²) < 4.78 is 13.7. The van der Waals surface area contributed by atoms with Crippen LogP contribution in [-0.4, -0.2) is 56.7 Å². The van der Waals surface area contributed by atoms with Gasteiger partial charge in [-0.1, -0.05) is 23.7 Å².